The van der Waals surface area contributed by atoms with Gasteiger partial charge in [-0.3, -0.25) is 19.3 Å². The third kappa shape index (κ3) is 5.05. The van der Waals surface area contributed by atoms with Crippen LogP contribution < -0.4 is 5.32 Å². The Bertz CT molecular complexity index is 1100. The highest BCUT2D eigenvalue weighted by molar-refractivity contribution is 5.98. The molecule has 3 amide bonds. The Morgan fingerprint density at radius 2 is 1.74 bits per heavy atom. The summed E-state index contributed by atoms with van der Waals surface area (Å²) in [4.78, 5) is 42.5. The van der Waals surface area contributed by atoms with Gasteiger partial charge >= 0.3 is 0 Å². The van der Waals surface area contributed by atoms with Crippen LogP contribution in [0.25, 0.3) is 0 Å². The van der Waals surface area contributed by atoms with Gasteiger partial charge in [0.2, 0.25) is 5.91 Å². The molecule has 0 radical (unpaired) electrons. The molecule has 0 saturated carbocycles. The SMILES string of the molecule is CC(C)CNC(=O)[C@@H]1COC2(CCN(C(=O)c3ccc(F)cc3F)CC2)N1C(=O)c1ccccc1. The molecule has 2 aromatic rings. The van der Waals surface area contributed by atoms with E-state index in [9.17, 15) is 23.2 Å². The number of nitrogens with zero attached hydrogens (tertiary/aromatic N) is 2. The summed E-state index contributed by atoms with van der Waals surface area (Å²) >= 11 is 0. The first-order valence-electron chi connectivity index (χ1n) is 11.8. The first-order valence-corrected chi connectivity index (χ1v) is 11.8. The van der Waals surface area contributed by atoms with Crippen molar-refractivity contribution in [3.63, 3.8) is 0 Å². The second kappa shape index (κ2) is 10.1. The maximum absolute atomic E-state index is 14.2. The Labute approximate surface area is 203 Å². The number of amides is 3. The van der Waals surface area contributed by atoms with Crippen molar-refractivity contribution in [1.82, 2.24) is 15.1 Å². The number of hydrogen-bond donors (Lipinski definition) is 1. The predicted molar refractivity (Wildman–Crippen MR) is 124 cm³/mol. The van der Waals surface area contributed by atoms with E-state index in [1.165, 1.54) is 9.80 Å². The molecule has 186 valence electrons. The lowest BCUT2D eigenvalue weighted by Crippen LogP contribution is -2.60. The number of carbonyl (C=O) groups excluding carboxylic acids is 3. The zero-order valence-corrected chi connectivity index (χ0v) is 19.8. The topological polar surface area (TPSA) is 79.0 Å². The molecule has 0 bridgehead atoms. The predicted octanol–water partition coefficient (Wildman–Crippen LogP) is 3.21. The standard InChI is InChI=1S/C26H29F2N3O4/c1-17(2)15-29-23(32)22-16-35-26(31(22)24(33)18-6-4-3-5-7-18)10-12-30(13-11-26)25(34)20-9-8-19(27)14-21(20)28/h3-9,14,17,22H,10-13,15-16H2,1-2H3,(H,29,32)/t22-/m0/s1. The third-order valence-corrected chi connectivity index (χ3v) is 6.48. The van der Waals surface area contributed by atoms with Crippen molar-refractivity contribution in [3.8, 4) is 0 Å². The molecule has 1 spiro atoms. The van der Waals surface area contributed by atoms with Crippen molar-refractivity contribution in [2.24, 2.45) is 5.92 Å². The highest BCUT2D eigenvalue weighted by atomic mass is 19.1. The van der Waals surface area contributed by atoms with Gasteiger partial charge in [-0.05, 0) is 30.2 Å². The third-order valence-electron chi connectivity index (χ3n) is 6.48. The summed E-state index contributed by atoms with van der Waals surface area (Å²) in [6.45, 7) is 4.86. The lowest BCUT2D eigenvalue weighted by Gasteiger charge is -2.44. The summed E-state index contributed by atoms with van der Waals surface area (Å²) < 4.78 is 33.6. The van der Waals surface area contributed by atoms with E-state index < -0.39 is 29.3 Å². The van der Waals surface area contributed by atoms with Crippen LogP contribution in [0.5, 0.6) is 0 Å². The fraction of sp³-hybridized carbons (Fsp3) is 0.423. The summed E-state index contributed by atoms with van der Waals surface area (Å²) in [5.41, 5.74) is -0.839. The van der Waals surface area contributed by atoms with Crippen molar-refractivity contribution in [3.05, 3.63) is 71.3 Å². The molecule has 1 N–H and O–H groups in total. The molecule has 0 unspecified atom stereocenters. The number of nitrogens with one attached hydrogen (secondary N) is 1. The Kier molecular flexibility index (Phi) is 7.16. The van der Waals surface area contributed by atoms with Gasteiger partial charge in [0.05, 0.1) is 12.2 Å². The Hall–Kier alpha value is -3.33. The largest absolute Gasteiger partial charge is 0.354 e. The van der Waals surface area contributed by atoms with Gasteiger partial charge in [-0.2, -0.15) is 0 Å². The van der Waals surface area contributed by atoms with Crippen LogP contribution in [0, 0.1) is 17.6 Å². The molecule has 2 aliphatic rings. The normalized spacial score (nSPS) is 19.3. The van der Waals surface area contributed by atoms with Crippen LogP contribution in [-0.2, 0) is 9.53 Å². The number of ether oxygens (including phenoxy) is 1. The number of halogens is 2. The van der Waals surface area contributed by atoms with E-state index in [0.29, 0.717) is 18.2 Å². The molecule has 2 saturated heterocycles. The minimum absolute atomic E-state index is 0.0447. The van der Waals surface area contributed by atoms with Crippen LogP contribution in [0.1, 0.15) is 47.4 Å². The summed E-state index contributed by atoms with van der Waals surface area (Å²) in [5.74, 6) is -2.59. The number of rotatable bonds is 5. The molecule has 2 fully saturated rings. The first-order chi connectivity index (χ1) is 16.7. The van der Waals surface area contributed by atoms with Crippen molar-refractivity contribution in [2.75, 3.05) is 26.2 Å². The highest BCUT2D eigenvalue weighted by Gasteiger charge is 2.54. The Morgan fingerprint density at radius 3 is 2.37 bits per heavy atom. The zero-order chi connectivity index (χ0) is 25.2. The van der Waals surface area contributed by atoms with Gasteiger partial charge in [0, 0.05) is 44.1 Å². The van der Waals surface area contributed by atoms with Crippen LogP contribution in [-0.4, -0.2) is 65.5 Å². The fourth-order valence-electron chi connectivity index (χ4n) is 4.60. The molecule has 0 aromatic heterocycles. The van der Waals surface area contributed by atoms with Crippen molar-refractivity contribution in [1.29, 1.82) is 0 Å². The monoisotopic (exact) mass is 485 g/mol. The second-order valence-corrected chi connectivity index (χ2v) is 9.37. The summed E-state index contributed by atoms with van der Waals surface area (Å²) in [6.07, 6.45) is 0.516. The van der Waals surface area contributed by atoms with Gasteiger partial charge < -0.3 is 15.0 Å². The Morgan fingerprint density at radius 1 is 1.06 bits per heavy atom. The van der Waals surface area contributed by atoms with E-state index in [1.54, 1.807) is 30.3 Å². The number of likely N-dealkylation sites (tertiary alicyclic amines) is 1. The van der Waals surface area contributed by atoms with E-state index in [1.807, 2.05) is 13.8 Å². The van der Waals surface area contributed by atoms with E-state index in [2.05, 4.69) is 5.32 Å². The smallest absolute Gasteiger partial charge is 0.256 e. The maximum atomic E-state index is 14.2. The molecule has 7 nitrogen and oxygen atoms in total. The number of benzene rings is 2. The van der Waals surface area contributed by atoms with Gasteiger partial charge in [-0.25, -0.2) is 8.78 Å². The van der Waals surface area contributed by atoms with Crippen molar-refractivity contribution >= 4 is 17.7 Å². The van der Waals surface area contributed by atoms with E-state index in [-0.39, 0.29) is 55.8 Å². The zero-order valence-electron chi connectivity index (χ0n) is 19.8. The van der Waals surface area contributed by atoms with Crippen LogP contribution >= 0.6 is 0 Å². The molecule has 9 heteroatoms. The molecular formula is C26H29F2N3O4. The van der Waals surface area contributed by atoms with Gasteiger partial charge in [0.25, 0.3) is 11.8 Å². The molecule has 2 aliphatic heterocycles. The molecule has 4 rings (SSSR count). The first kappa shape index (κ1) is 24.8. The second-order valence-electron chi connectivity index (χ2n) is 9.37. The van der Waals surface area contributed by atoms with Crippen LogP contribution in [0.15, 0.2) is 48.5 Å². The van der Waals surface area contributed by atoms with Crippen molar-refractivity contribution < 1.29 is 27.9 Å². The summed E-state index contributed by atoms with van der Waals surface area (Å²) in [6, 6.07) is 10.7. The average molecular weight is 486 g/mol. The molecule has 35 heavy (non-hydrogen) atoms. The van der Waals surface area contributed by atoms with Crippen LogP contribution in [0.4, 0.5) is 8.78 Å². The minimum Gasteiger partial charge on any atom is -0.354 e. The van der Waals surface area contributed by atoms with E-state index >= 15 is 0 Å². The average Bonchev–Trinajstić information content (AvgIpc) is 3.21. The molecular weight excluding hydrogens is 456 g/mol. The Balaban J connectivity index is 1.56. The van der Waals surface area contributed by atoms with Gasteiger partial charge in [-0.1, -0.05) is 32.0 Å². The minimum atomic E-state index is -1.06. The van der Waals surface area contributed by atoms with Crippen LogP contribution in [0.2, 0.25) is 0 Å². The summed E-state index contributed by atoms with van der Waals surface area (Å²) in [7, 11) is 0. The van der Waals surface area contributed by atoms with E-state index in [4.69, 9.17) is 4.74 Å². The molecule has 2 aromatic carbocycles. The highest BCUT2D eigenvalue weighted by Crippen LogP contribution is 2.39. The van der Waals surface area contributed by atoms with E-state index in [0.717, 1.165) is 12.1 Å². The fourth-order valence-corrected chi connectivity index (χ4v) is 4.60. The quantitative estimate of drug-likeness (QED) is 0.706. The number of piperidine rings is 1. The van der Waals surface area contributed by atoms with Crippen molar-refractivity contribution in [2.45, 2.75) is 38.5 Å². The van der Waals surface area contributed by atoms with Crippen LogP contribution in [0.3, 0.4) is 0 Å². The molecule has 1 atom stereocenters. The number of carbonyl (C=O) groups is 3. The molecule has 2 heterocycles. The van der Waals surface area contributed by atoms with Gasteiger partial charge in [0.1, 0.15) is 23.4 Å². The number of hydrogen-bond acceptors (Lipinski definition) is 4. The maximum Gasteiger partial charge on any atom is 0.256 e. The molecule has 0 aliphatic carbocycles. The van der Waals surface area contributed by atoms with Gasteiger partial charge in [0.15, 0.2) is 0 Å². The summed E-state index contributed by atoms with van der Waals surface area (Å²) in [5, 5.41) is 2.89. The lowest BCUT2D eigenvalue weighted by atomic mass is 9.96. The van der Waals surface area contributed by atoms with Gasteiger partial charge in [-0.15, -0.1) is 0 Å². The lowest BCUT2D eigenvalue weighted by molar-refractivity contribution is -0.128.